The second-order valence-corrected chi connectivity index (χ2v) is 6.76. The standard InChI is InChI=1S/C18H30O2/c1-3-4-5-6-7-15(19)8-9-16-17-11-13(2)10-14(17)12-18(16)20/h8-9,14-20H,2-7,10-12H2,1H3/t14-,15-,16+,17+,18+/m0/s1. The Labute approximate surface area is 123 Å². The molecule has 0 heterocycles. The molecule has 0 amide bonds. The van der Waals surface area contributed by atoms with E-state index in [9.17, 15) is 10.2 Å². The van der Waals surface area contributed by atoms with Crippen LogP contribution in [0.2, 0.25) is 0 Å². The molecule has 0 spiro atoms. The Morgan fingerprint density at radius 2 is 2.10 bits per heavy atom. The van der Waals surface area contributed by atoms with E-state index in [0.717, 1.165) is 32.1 Å². The van der Waals surface area contributed by atoms with Crippen molar-refractivity contribution in [3.8, 4) is 0 Å². The van der Waals surface area contributed by atoms with E-state index in [0.29, 0.717) is 11.8 Å². The average molecular weight is 278 g/mol. The molecular weight excluding hydrogens is 248 g/mol. The summed E-state index contributed by atoms with van der Waals surface area (Å²) < 4.78 is 0. The van der Waals surface area contributed by atoms with Crippen molar-refractivity contribution in [2.75, 3.05) is 0 Å². The summed E-state index contributed by atoms with van der Waals surface area (Å²) >= 11 is 0. The summed E-state index contributed by atoms with van der Waals surface area (Å²) in [5.74, 6) is 1.40. The van der Waals surface area contributed by atoms with Crippen molar-refractivity contribution >= 4 is 0 Å². The summed E-state index contributed by atoms with van der Waals surface area (Å²) in [7, 11) is 0. The predicted octanol–water partition coefficient (Wildman–Crippen LogP) is 3.84. The third-order valence-corrected chi connectivity index (χ3v) is 5.07. The van der Waals surface area contributed by atoms with Gasteiger partial charge >= 0.3 is 0 Å². The van der Waals surface area contributed by atoms with E-state index in [1.807, 2.05) is 6.08 Å². The summed E-state index contributed by atoms with van der Waals surface area (Å²) in [6.45, 7) is 6.29. The smallest absolute Gasteiger partial charge is 0.0721 e. The first-order valence-electron chi connectivity index (χ1n) is 8.33. The summed E-state index contributed by atoms with van der Waals surface area (Å²) in [5.41, 5.74) is 1.34. The van der Waals surface area contributed by atoms with Gasteiger partial charge in [-0.1, -0.05) is 56.9 Å². The molecule has 0 bridgehead atoms. The van der Waals surface area contributed by atoms with Gasteiger partial charge in [0.25, 0.3) is 0 Å². The van der Waals surface area contributed by atoms with Crippen LogP contribution >= 0.6 is 0 Å². The Kier molecular flexibility index (Phi) is 5.86. The van der Waals surface area contributed by atoms with Crippen molar-refractivity contribution in [3.05, 3.63) is 24.3 Å². The Hall–Kier alpha value is -0.600. The number of rotatable bonds is 7. The molecule has 114 valence electrons. The van der Waals surface area contributed by atoms with E-state index in [1.165, 1.54) is 24.8 Å². The highest BCUT2D eigenvalue weighted by Crippen LogP contribution is 2.49. The van der Waals surface area contributed by atoms with Crippen molar-refractivity contribution in [3.63, 3.8) is 0 Å². The van der Waals surface area contributed by atoms with Gasteiger partial charge in [0.15, 0.2) is 0 Å². The molecule has 0 aromatic carbocycles. The first-order chi connectivity index (χ1) is 9.61. The molecule has 0 saturated heterocycles. The maximum Gasteiger partial charge on any atom is 0.0721 e. The predicted molar refractivity (Wildman–Crippen MR) is 83.4 cm³/mol. The van der Waals surface area contributed by atoms with E-state index < -0.39 is 0 Å². The lowest BCUT2D eigenvalue weighted by molar-refractivity contribution is 0.139. The van der Waals surface area contributed by atoms with Gasteiger partial charge in [-0.25, -0.2) is 0 Å². The normalized spacial score (nSPS) is 34.9. The van der Waals surface area contributed by atoms with Crippen molar-refractivity contribution in [1.29, 1.82) is 0 Å². The summed E-state index contributed by atoms with van der Waals surface area (Å²) in [6, 6.07) is 0. The Morgan fingerprint density at radius 1 is 1.30 bits per heavy atom. The lowest BCUT2D eigenvalue weighted by atomic mass is 9.90. The molecule has 2 heteroatoms. The summed E-state index contributed by atoms with van der Waals surface area (Å²) in [5, 5.41) is 20.2. The Morgan fingerprint density at radius 3 is 2.85 bits per heavy atom. The quantitative estimate of drug-likeness (QED) is 0.549. The van der Waals surface area contributed by atoms with E-state index >= 15 is 0 Å². The zero-order chi connectivity index (χ0) is 14.5. The van der Waals surface area contributed by atoms with Crippen LogP contribution in [0.3, 0.4) is 0 Å². The van der Waals surface area contributed by atoms with Gasteiger partial charge in [-0.05, 0) is 37.5 Å². The fourth-order valence-corrected chi connectivity index (χ4v) is 3.97. The molecule has 2 nitrogen and oxygen atoms in total. The van der Waals surface area contributed by atoms with Crippen LogP contribution < -0.4 is 0 Å². The molecule has 0 aromatic heterocycles. The number of aliphatic hydroxyl groups excluding tert-OH is 2. The van der Waals surface area contributed by atoms with Crippen LogP contribution in [-0.2, 0) is 0 Å². The second-order valence-electron chi connectivity index (χ2n) is 6.76. The number of fused-ring (bicyclic) bond motifs is 1. The van der Waals surface area contributed by atoms with Crippen LogP contribution in [0.4, 0.5) is 0 Å². The highest BCUT2D eigenvalue weighted by Gasteiger charge is 2.44. The summed E-state index contributed by atoms with van der Waals surface area (Å²) in [4.78, 5) is 0. The first-order valence-corrected chi connectivity index (χ1v) is 8.33. The van der Waals surface area contributed by atoms with Crippen LogP contribution in [0.15, 0.2) is 24.3 Å². The zero-order valence-corrected chi connectivity index (χ0v) is 12.8. The molecule has 2 rings (SSSR count). The van der Waals surface area contributed by atoms with Gasteiger partial charge in [0.2, 0.25) is 0 Å². The highest BCUT2D eigenvalue weighted by molar-refractivity contribution is 5.15. The van der Waals surface area contributed by atoms with E-state index in [4.69, 9.17) is 0 Å². The van der Waals surface area contributed by atoms with Crippen molar-refractivity contribution in [2.24, 2.45) is 17.8 Å². The van der Waals surface area contributed by atoms with E-state index in [1.54, 1.807) is 0 Å². The monoisotopic (exact) mass is 278 g/mol. The molecule has 2 N–H and O–H groups in total. The lowest BCUT2D eigenvalue weighted by Crippen LogP contribution is -2.17. The average Bonchev–Trinajstić information content (AvgIpc) is 2.88. The molecule has 5 atom stereocenters. The van der Waals surface area contributed by atoms with E-state index in [-0.39, 0.29) is 18.1 Å². The molecule has 2 fully saturated rings. The molecule has 2 saturated carbocycles. The van der Waals surface area contributed by atoms with Crippen LogP contribution in [0.25, 0.3) is 0 Å². The van der Waals surface area contributed by atoms with Crippen LogP contribution in [-0.4, -0.2) is 22.4 Å². The Balaban J connectivity index is 1.79. The first kappa shape index (κ1) is 15.8. The molecule has 2 aliphatic rings. The van der Waals surface area contributed by atoms with Gasteiger partial charge in [0, 0.05) is 5.92 Å². The minimum absolute atomic E-state index is 0.221. The topological polar surface area (TPSA) is 40.5 Å². The maximum absolute atomic E-state index is 10.2. The fraction of sp³-hybridized carbons (Fsp3) is 0.778. The molecule has 20 heavy (non-hydrogen) atoms. The summed E-state index contributed by atoms with van der Waals surface area (Å²) in [6.07, 6.45) is 12.1. The van der Waals surface area contributed by atoms with Crippen molar-refractivity contribution in [1.82, 2.24) is 0 Å². The van der Waals surface area contributed by atoms with Crippen LogP contribution in [0, 0.1) is 17.8 Å². The third-order valence-electron chi connectivity index (χ3n) is 5.07. The molecule has 0 radical (unpaired) electrons. The van der Waals surface area contributed by atoms with E-state index in [2.05, 4.69) is 19.6 Å². The molecule has 2 aliphatic carbocycles. The second kappa shape index (κ2) is 7.42. The third kappa shape index (κ3) is 3.95. The fourth-order valence-electron chi connectivity index (χ4n) is 3.97. The highest BCUT2D eigenvalue weighted by atomic mass is 16.3. The minimum atomic E-state index is -0.345. The Bertz CT molecular complexity index is 347. The van der Waals surface area contributed by atoms with Gasteiger partial charge in [-0.15, -0.1) is 0 Å². The maximum atomic E-state index is 10.2. The molecular formula is C18H30O2. The zero-order valence-electron chi connectivity index (χ0n) is 12.8. The van der Waals surface area contributed by atoms with Crippen LogP contribution in [0.5, 0.6) is 0 Å². The number of allylic oxidation sites excluding steroid dienone is 1. The van der Waals surface area contributed by atoms with Crippen molar-refractivity contribution < 1.29 is 10.2 Å². The minimum Gasteiger partial charge on any atom is -0.392 e. The number of unbranched alkanes of at least 4 members (excludes halogenated alkanes) is 3. The SMILES string of the molecule is C=C1C[C@H]2C[C@@H](O)[C@H](C=C[C@@H](O)CCCCCC)[C@@H]2C1. The number of hydrogen-bond donors (Lipinski definition) is 2. The van der Waals surface area contributed by atoms with Gasteiger partial charge in [0.1, 0.15) is 0 Å². The number of hydrogen-bond acceptors (Lipinski definition) is 2. The number of aliphatic hydroxyl groups is 2. The molecule has 0 aliphatic heterocycles. The van der Waals surface area contributed by atoms with Gasteiger partial charge < -0.3 is 10.2 Å². The molecule has 0 unspecified atom stereocenters. The van der Waals surface area contributed by atoms with Crippen molar-refractivity contribution in [2.45, 2.75) is 70.5 Å². The lowest BCUT2D eigenvalue weighted by Gasteiger charge is -2.17. The van der Waals surface area contributed by atoms with Gasteiger partial charge in [-0.3, -0.25) is 0 Å². The largest absolute Gasteiger partial charge is 0.392 e. The van der Waals surface area contributed by atoms with Gasteiger partial charge in [0.05, 0.1) is 12.2 Å². The van der Waals surface area contributed by atoms with Crippen LogP contribution in [0.1, 0.15) is 58.3 Å². The van der Waals surface area contributed by atoms with Gasteiger partial charge in [-0.2, -0.15) is 0 Å². The molecule has 0 aromatic rings.